The molecule has 0 aromatic heterocycles. The second-order valence-corrected chi connectivity index (χ2v) is 4.18. The van der Waals surface area contributed by atoms with E-state index < -0.39 is 11.6 Å². The third kappa shape index (κ3) is 2.16. The molecule has 0 aliphatic heterocycles. The van der Waals surface area contributed by atoms with E-state index in [1.165, 1.54) is 13.8 Å². The summed E-state index contributed by atoms with van der Waals surface area (Å²) < 4.78 is 27.4. The Bertz CT molecular complexity index is 618. The van der Waals surface area contributed by atoms with Crippen molar-refractivity contribution >= 4 is 5.78 Å². The minimum atomic E-state index is -0.525. The monoisotopic (exact) mass is 246 g/mol. The van der Waals surface area contributed by atoms with Crippen LogP contribution < -0.4 is 0 Å². The number of carbonyl (C=O) groups excluding carboxylic acids is 1. The molecule has 0 atom stereocenters. The maximum absolute atomic E-state index is 13.9. The standard InChI is InChI=1S/C15H12F2O/c1-9-7-15(17)13(8-14(9)16)12-6-4-3-5-11(12)10(2)18/h3-8H,1-2H3. The van der Waals surface area contributed by atoms with Crippen LogP contribution in [0.2, 0.25) is 0 Å². The van der Waals surface area contributed by atoms with E-state index >= 15 is 0 Å². The van der Waals surface area contributed by atoms with Crippen LogP contribution in [0, 0.1) is 18.6 Å². The Balaban J connectivity index is 2.69. The molecule has 2 aromatic carbocycles. The van der Waals surface area contributed by atoms with E-state index in [0.29, 0.717) is 11.1 Å². The van der Waals surface area contributed by atoms with Gasteiger partial charge in [0.1, 0.15) is 11.6 Å². The smallest absolute Gasteiger partial charge is 0.160 e. The van der Waals surface area contributed by atoms with Gasteiger partial charge in [0.15, 0.2) is 5.78 Å². The van der Waals surface area contributed by atoms with Crippen LogP contribution in [0.4, 0.5) is 8.78 Å². The minimum absolute atomic E-state index is 0.115. The van der Waals surface area contributed by atoms with Crippen LogP contribution in [0.3, 0.4) is 0 Å². The topological polar surface area (TPSA) is 17.1 Å². The highest BCUT2D eigenvalue weighted by molar-refractivity contribution is 6.00. The summed E-state index contributed by atoms with van der Waals surface area (Å²) in [7, 11) is 0. The van der Waals surface area contributed by atoms with Crippen LogP contribution in [-0.2, 0) is 0 Å². The Morgan fingerprint density at radius 3 is 2.33 bits per heavy atom. The minimum Gasteiger partial charge on any atom is -0.294 e. The molecule has 0 aliphatic rings. The zero-order chi connectivity index (χ0) is 13.3. The van der Waals surface area contributed by atoms with Crippen LogP contribution in [0.5, 0.6) is 0 Å². The third-order valence-corrected chi connectivity index (χ3v) is 2.84. The second-order valence-electron chi connectivity index (χ2n) is 4.18. The van der Waals surface area contributed by atoms with Gasteiger partial charge >= 0.3 is 0 Å². The van der Waals surface area contributed by atoms with Gasteiger partial charge in [0, 0.05) is 11.1 Å². The summed E-state index contributed by atoms with van der Waals surface area (Å²) in [6.45, 7) is 2.90. The lowest BCUT2D eigenvalue weighted by molar-refractivity contribution is 0.101. The van der Waals surface area contributed by atoms with Crippen molar-refractivity contribution in [2.75, 3.05) is 0 Å². The summed E-state index contributed by atoms with van der Waals surface area (Å²) in [5.41, 5.74) is 1.17. The molecule has 0 amide bonds. The summed E-state index contributed by atoms with van der Waals surface area (Å²) in [6, 6.07) is 8.88. The molecule has 0 saturated carbocycles. The van der Waals surface area contributed by atoms with Gasteiger partial charge < -0.3 is 0 Å². The molecule has 0 saturated heterocycles. The van der Waals surface area contributed by atoms with Crippen LogP contribution in [-0.4, -0.2) is 5.78 Å². The number of benzene rings is 2. The zero-order valence-corrected chi connectivity index (χ0v) is 10.1. The van der Waals surface area contributed by atoms with E-state index in [-0.39, 0.29) is 16.9 Å². The number of Topliss-reactive ketones (excluding diaryl/α,β-unsaturated/α-hetero) is 1. The molecule has 0 radical (unpaired) electrons. The molecule has 3 heteroatoms. The SMILES string of the molecule is CC(=O)c1ccccc1-c1cc(F)c(C)cc1F. The van der Waals surface area contributed by atoms with E-state index in [1.807, 2.05) is 0 Å². The van der Waals surface area contributed by atoms with Gasteiger partial charge in [-0.3, -0.25) is 4.79 Å². The number of ketones is 1. The van der Waals surface area contributed by atoms with Crippen molar-refractivity contribution in [2.45, 2.75) is 13.8 Å². The summed E-state index contributed by atoms with van der Waals surface area (Å²) in [6.07, 6.45) is 0. The number of halogens is 2. The summed E-state index contributed by atoms with van der Waals surface area (Å²) in [4.78, 5) is 11.5. The molecule has 18 heavy (non-hydrogen) atoms. The second kappa shape index (κ2) is 4.69. The van der Waals surface area contributed by atoms with Gasteiger partial charge in [0.25, 0.3) is 0 Å². The first-order valence-electron chi connectivity index (χ1n) is 5.56. The molecule has 2 aromatic rings. The van der Waals surface area contributed by atoms with Crippen molar-refractivity contribution in [3.05, 3.63) is 59.2 Å². The maximum atomic E-state index is 13.9. The van der Waals surface area contributed by atoms with Crippen LogP contribution in [0.25, 0.3) is 11.1 Å². The Morgan fingerprint density at radius 1 is 1.00 bits per heavy atom. The maximum Gasteiger partial charge on any atom is 0.160 e. The predicted octanol–water partition coefficient (Wildman–Crippen LogP) is 4.14. The predicted molar refractivity (Wildman–Crippen MR) is 66.5 cm³/mol. The lowest BCUT2D eigenvalue weighted by Crippen LogP contribution is -1.98. The van der Waals surface area contributed by atoms with Gasteiger partial charge in [-0.2, -0.15) is 0 Å². The third-order valence-electron chi connectivity index (χ3n) is 2.84. The molecule has 0 fully saturated rings. The van der Waals surface area contributed by atoms with Gasteiger partial charge in [-0.25, -0.2) is 8.78 Å². The first-order valence-corrected chi connectivity index (χ1v) is 5.56. The van der Waals surface area contributed by atoms with Crippen LogP contribution >= 0.6 is 0 Å². The van der Waals surface area contributed by atoms with Crippen molar-refractivity contribution in [1.29, 1.82) is 0 Å². The van der Waals surface area contributed by atoms with E-state index in [0.717, 1.165) is 12.1 Å². The molecule has 1 nitrogen and oxygen atoms in total. The van der Waals surface area contributed by atoms with Crippen molar-refractivity contribution < 1.29 is 13.6 Å². The van der Waals surface area contributed by atoms with Crippen molar-refractivity contribution in [3.8, 4) is 11.1 Å². The number of aryl methyl sites for hydroxylation is 1. The first kappa shape index (κ1) is 12.4. The molecule has 0 N–H and O–H groups in total. The summed E-state index contributed by atoms with van der Waals surface area (Å²) >= 11 is 0. The van der Waals surface area contributed by atoms with Crippen molar-refractivity contribution in [2.24, 2.45) is 0 Å². The quantitative estimate of drug-likeness (QED) is 0.728. The fourth-order valence-corrected chi connectivity index (χ4v) is 1.88. The van der Waals surface area contributed by atoms with E-state index in [9.17, 15) is 13.6 Å². The Labute approximate surface area is 104 Å². The van der Waals surface area contributed by atoms with Gasteiger partial charge in [-0.15, -0.1) is 0 Å². The molecule has 0 bridgehead atoms. The Kier molecular flexibility index (Phi) is 3.24. The van der Waals surface area contributed by atoms with Gasteiger partial charge in [0.2, 0.25) is 0 Å². The van der Waals surface area contributed by atoms with E-state index in [2.05, 4.69) is 0 Å². The molecule has 0 spiro atoms. The zero-order valence-electron chi connectivity index (χ0n) is 10.1. The van der Waals surface area contributed by atoms with Gasteiger partial charge in [-0.1, -0.05) is 24.3 Å². The highest BCUT2D eigenvalue weighted by Crippen LogP contribution is 2.28. The lowest BCUT2D eigenvalue weighted by Gasteiger charge is -2.09. The highest BCUT2D eigenvalue weighted by atomic mass is 19.1. The molecule has 0 heterocycles. The number of hydrogen-bond acceptors (Lipinski definition) is 1. The summed E-state index contributed by atoms with van der Waals surface area (Å²) in [5, 5.41) is 0. The normalized spacial score (nSPS) is 10.4. The molecule has 92 valence electrons. The number of rotatable bonds is 2. The largest absolute Gasteiger partial charge is 0.294 e. The number of hydrogen-bond donors (Lipinski definition) is 0. The highest BCUT2D eigenvalue weighted by Gasteiger charge is 2.14. The van der Waals surface area contributed by atoms with E-state index in [4.69, 9.17) is 0 Å². The molecule has 0 unspecified atom stereocenters. The fourth-order valence-electron chi connectivity index (χ4n) is 1.88. The Morgan fingerprint density at radius 2 is 1.67 bits per heavy atom. The van der Waals surface area contributed by atoms with E-state index in [1.54, 1.807) is 24.3 Å². The fraction of sp³-hybridized carbons (Fsp3) is 0.133. The molecule has 2 rings (SSSR count). The van der Waals surface area contributed by atoms with Crippen LogP contribution in [0.15, 0.2) is 36.4 Å². The number of carbonyl (C=O) groups is 1. The lowest BCUT2D eigenvalue weighted by atomic mass is 9.96. The average molecular weight is 246 g/mol. The molecule has 0 aliphatic carbocycles. The summed E-state index contributed by atoms with van der Waals surface area (Å²) in [5.74, 6) is -1.18. The Hall–Kier alpha value is -2.03. The molecular weight excluding hydrogens is 234 g/mol. The van der Waals surface area contributed by atoms with Crippen molar-refractivity contribution in [3.63, 3.8) is 0 Å². The van der Waals surface area contributed by atoms with Gasteiger partial charge in [-0.05, 0) is 37.1 Å². The van der Waals surface area contributed by atoms with Crippen LogP contribution in [0.1, 0.15) is 22.8 Å². The van der Waals surface area contributed by atoms with Crippen molar-refractivity contribution in [1.82, 2.24) is 0 Å². The first-order chi connectivity index (χ1) is 8.50. The molecular formula is C15H12F2O. The van der Waals surface area contributed by atoms with Gasteiger partial charge in [0.05, 0.1) is 0 Å². The average Bonchev–Trinajstić information content (AvgIpc) is 2.34.